The van der Waals surface area contributed by atoms with E-state index in [4.69, 9.17) is 4.74 Å². The van der Waals surface area contributed by atoms with Gasteiger partial charge in [0.05, 0.1) is 30.7 Å². The zero-order chi connectivity index (χ0) is 30.0. The van der Waals surface area contributed by atoms with Crippen LogP contribution in [0.2, 0.25) is 0 Å². The molecule has 216 valence electrons. The van der Waals surface area contributed by atoms with Crippen molar-refractivity contribution in [2.24, 2.45) is 5.10 Å². The van der Waals surface area contributed by atoms with Crippen LogP contribution in [0.1, 0.15) is 40.0 Å². The van der Waals surface area contributed by atoms with Crippen LogP contribution in [0.3, 0.4) is 0 Å². The van der Waals surface area contributed by atoms with Crippen molar-refractivity contribution < 1.29 is 22.7 Å². The molecule has 0 spiro atoms. The van der Waals surface area contributed by atoms with Gasteiger partial charge in [0, 0.05) is 5.56 Å². The first-order valence-electron chi connectivity index (χ1n) is 13.2. The Kier molecular flexibility index (Phi) is 10.1. The number of nitrogens with zero attached hydrogens (tertiary/aromatic N) is 2. The minimum Gasteiger partial charge on any atom is -0.484 e. The number of hydrogen-bond acceptors (Lipinski definition) is 6. The number of carbonyl (C=O) groups excluding carboxylic acids is 2. The van der Waals surface area contributed by atoms with Gasteiger partial charge in [-0.25, -0.2) is 13.8 Å². The van der Waals surface area contributed by atoms with E-state index in [0.29, 0.717) is 17.0 Å². The maximum atomic E-state index is 12.5. The SMILES string of the molecule is C[C@@H](NC(=O)COc1ccc(/C=N\NC(=O)c2ccc(CN(c3ccccc3)S(C)(=O)=O)cc2)cc1)c1ccccc1. The van der Waals surface area contributed by atoms with Gasteiger partial charge in [-0.05, 0) is 72.1 Å². The van der Waals surface area contributed by atoms with Crippen molar-refractivity contribution in [1.82, 2.24) is 10.7 Å². The summed E-state index contributed by atoms with van der Waals surface area (Å²) in [5.41, 5.74) is 5.90. The van der Waals surface area contributed by atoms with Crippen LogP contribution in [0.5, 0.6) is 5.75 Å². The summed E-state index contributed by atoms with van der Waals surface area (Å²) in [4.78, 5) is 24.8. The fourth-order valence-corrected chi connectivity index (χ4v) is 4.95. The van der Waals surface area contributed by atoms with Crippen LogP contribution in [0.25, 0.3) is 0 Å². The number of amides is 2. The van der Waals surface area contributed by atoms with Gasteiger partial charge in [0.1, 0.15) is 5.75 Å². The molecule has 1 atom stereocenters. The minimum absolute atomic E-state index is 0.113. The van der Waals surface area contributed by atoms with Crippen LogP contribution in [0.4, 0.5) is 5.69 Å². The van der Waals surface area contributed by atoms with E-state index in [1.807, 2.05) is 43.3 Å². The lowest BCUT2D eigenvalue weighted by Crippen LogP contribution is -2.31. The molecule has 0 saturated carbocycles. The molecule has 0 fully saturated rings. The summed E-state index contributed by atoms with van der Waals surface area (Å²) in [5, 5.41) is 6.91. The summed E-state index contributed by atoms with van der Waals surface area (Å²) in [6.45, 7) is 1.94. The number of benzene rings is 4. The standard InChI is InChI=1S/C32H32N4O5S/c1-24(27-9-5-3-6-10-27)34-31(37)23-41-30-19-15-25(16-20-30)21-33-35-32(38)28-17-13-26(14-18-28)22-36(42(2,39)40)29-11-7-4-8-12-29/h3-21,24H,22-23H2,1-2H3,(H,34,37)(H,35,38)/b33-21-/t24-/m1/s1. The predicted molar refractivity (Wildman–Crippen MR) is 164 cm³/mol. The highest BCUT2D eigenvalue weighted by molar-refractivity contribution is 7.92. The van der Waals surface area contributed by atoms with Crippen molar-refractivity contribution in [3.8, 4) is 5.75 Å². The summed E-state index contributed by atoms with van der Waals surface area (Å²) in [5.74, 6) is -0.103. The summed E-state index contributed by atoms with van der Waals surface area (Å²) < 4.78 is 31.5. The first kappa shape index (κ1) is 30.0. The monoisotopic (exact) mass is 584 g/mol. The fourth-order valence-electron chi connectivity index (χ4n) is 4.06. The Balaban J connectivity index is 1.25. The van der Waals surface area contributed by atoms with Crippen LogP contribution < -0.4 is 19.8 Å². The van der Waals surface area contributed by atoms with Crippen LogP contribution in [0.15, 0.2) is 114 Å². The van der Waals surface area contributed by atoms with E-state index in [1.54, 1.807) is 72.8 Å². The molecule has 9 nitrogen and oxygen atoms in total. The molecule has 0 heterocycles. The number of rotatable bonds is 12. The Bertz CT molecular complexity index is 1610. The van der Waals surface area contributed by atoms with E-state index in [2.05, 4.69) is 15.8 Å². The molecule has 0 aromatic heterocycles. The normalized spacial score (nSPS) is 12.0. The van der Waals surface area contributed by atoms with Crippen molar-refractivity contribution in [2.75, 3.05) is 17.2 Å². The van der Waals surface area contributed by atoms with E-state index >= 15 is 0 Å². The Hall–Kier alpha value is -4.96. The molecule has 2 N–H and O–H groups in total. The van der Waals surface area contributed by atoms with Gasteiger partial charge in [-0.2, -0.15) is 5.10 Å². The molecule has 4 rings (SSSR count). The van der Waals surface area contributed by atoms with E-state index < -0.39 is 15.9 Å². The molecule has 10 heteroatoms. The lowest BCUT2D eigenvalue weighted by Gasteiger charge is -2.22. The molecule has 0 saturated heterocycles. The number of carbonyl (C=O) groups is 2. The van der Waals surface area contributed by atoms with Crippen molar-refractivity contribution in [1.29, 1.82) is 0 Å². The van der Waals surface area contributed by atoms with Crippen molar-refractivity contribution in [2.45, 2.75) is 19.5 Å². The molecular weight excluding hydrogens is 552 g/mol. The van der Waals surface area contributed by atoms with Crippen molar-refractivity contribution >= 4 is 33.7 Å². The van der Waals surface area contributed by atoms with Crippen LogP contribution in [0, 0.1) is 0 Å². The Morgan fingerprint density at radius 3 is 2.12 bits per heavy atom. The third-order valence-electron chi connectivity index (χ3n) is 6.29. The van der Waals surface area contributed by atoms with E-state index in [9.17, 15) is 18.0 Å². The molecular formula is C32H32N4O5S. The van der Waals surface area contributed by atoms with Crippen LogP contribution >= 0.6 is 0 Å². The summed E-state index contributed by atoms with van der Waals surface area (Å²) >= 11 is 0. The second-order valence-electron chi connectivity index (χ2n) is 9.56. The number of hydrogen-bond donors (Lipinski definition) is 2. The number of hydrazone groups is 1. The highest BCUT2D eigenvalue weighted by atomic mass is 32.2. The molecule has 4 aromatic carbocycles. The molecule has 0 aliphatic heterocycles. The van der Waals surface area contributed by atoms with Gasteiger partial charge in [-0.1, -0.05) is 60.7 Å². The van der Waals surface area contributed by atoms with Crippen LogP contribution in [-0.2, 0) is 21.4 Å². The molecule has 0 aliphatic carbocycles. The van der Waals surface area contributed by atoms with Crippen molar-refractivity contribution in [3.63, 3.8) is 0 Å². The zero-order valence-electron chi connectivity index (χ0n) is 23.3. The van der Waals surface area contributed by atoms with Gasteiger partial charge in [0.15, 0.2) is 6.61 Å². The van der Waals surface area contributed by atoms with Gasteiger partial charge < -0.3 is 10.1 Å². The zero-order valence-corrected chi connectivity index (χ0v) is 24.1. The highest BCUT2D eigenvalue weighted by Crippen LogP contribution is 2.20. The maximum Gasteiger partial charge on any atom is 0.271 e. The Labute approximate surface area is 245 Å². The smallest absolute Gasteiger partial charge is 0.271 e. The molecule has 0 aliphatic rings. The fraction of sp³-hybridized carbons (Fsp3) is 0.156. The maximum absolute atomic E-state index is 12.5. The van der Waals surface area contributed by atoms with Gasteiger partial charge in [-0.3, -0.25) is 13.9 Å². The number of sulfonamides is 1. The molecule has 0 unspecified atom stereocenters. The number of para-hydroxylation sites is 1. The van der Waals surface area contributed by atoms with Gasteiger partial charge in [-0.15, -0.1) is 0 Å². The predicted octanol–water partition coefficient (Wildman–Crippen LogP) is 4.67. The van der Waals surface area contributed by atoms with Gasteiger partial charge >= 0.3 is 0 Å². The minimum atomic E-state index is -3.50. The molecule has 4 aromatic rings. The average Bonchev–Trinajstić information content (AvgIpc) is 3.00. The molecule has 42 heavy (non-hydrogen) atoms. The third-order valence-corrected chi connectivity index (χ3v) is 7.43. The largest absolute Gasteiger partial charge is 0.484 e. The first-order valence-corrected chi connectivity index (χ1v) is 15.1. The summed E-state index contributed by atoms with van der Waals surface area (Å²) in [6, 6.07) is 32.0. The van der Waals surface area contributed by atoms with Crippen LogP contribution in [-0.4, -0.2) is 39.3 Å². The lowest BCUT2D eigenvalue weighted by molar-refractivity contribution is -0.123. The molecule has 0 bridgehead atoms. The second-order valence-corrected chi connectivity index (χ2v) is 11.5. The number of nitrogens with one attached hydrogen (secondary N) is 2. The average molecular weight is 585 g/mol. The summed E-state index contributed by atoms with van der Waals surface area (Å²) in [7, 11) is -3.50. The number of anilines is 1. The quantitative estimate of drug-likeness (QED) is 0.185. The highest BCUT2D eigenvalue weighted by Gasteiger charge is 2.18. The molecule has 0 radical (unpaired) electrons. The van der Waals surface area contributed by atoms with Gasteiger partial charge in [0.25, 0.3) is 11.8 Å². The topological polar surface area (TPSA) is 117 Å². The van der Waals surface area contributed by atoms with E-state index in [0.717, 1.165) is 22.9 Å². The second kappa shape index (κ2) is 14.1. The first-order chi connectivity index (χ1) is 20.2. The number of ether oxygens (including phenoxy) is 1. The van der Waals surface area contributed by atoms with E-state index in [-0.39, 0.29) is 25.1 Å². The Morgan fingerprint density at radius 1 is 0.881 bits per heavy atom. The Morgan fingerprint density at radius 2 is 1.50 bits per heavy atom. The summed E-state index contributed by atoms with van der Waals surface area (Å²) in [6.07, 6.45) is 2.65. The molecule has 2 amide bonds. The van der Waals surface area contributed by atoms with E-state index in [1.165, 1.54) is 10.5 Å². The van der Waals surface area contributed by atoms with Crippen molar-refractivity contribution in [3.05, 3.63) is 131 Å². The lowest BCUT2D eigenvalue weighted by atomic mass is 10.1. The third kappa shape index (κ3) is 8.77. The van der Waals surface area contributed by atoms with Gasteiger partial charge in [0.2, 0.25) is 10.0 Å².